The molecular weight excluding hydrogens is 233 g/mol. The van der Waals surface area contributed by atoms with Crippen molar-refractivity contribution in [3.8, 4) is 0 Å². The van der Waals surface area contributed by atoms with E-state index in [0.29, 0.717) is 5.69 Å². The molecule has 3 rings (SSSR count). The van der Waals surface area contributed by atoms with Crippen molar-refractivity contribution in [3.63, 3.8) is 0 Å². The molecule has 0 spiro atoms. The third-order valence-corrected chi connectivity index (χ3v) is 3.73. The van der Waals surface area contributed by atoms with E-state index in [4.69, 9.17) is 0 Å². The maximum atomic E-state index is 13.8. The number of rotatable bonds is 1. The van der Waals surface area contributed by atoms with E-state index in [0.717, 1.165) is 31.7 Å². The van der Waals surface area contributed by atoms with Gasteiger partial charge in [-0.3, -0.25) is 9.69 Å². The normalized spacial score (nSPS) is 24.4. The molecule has 0 aromatic heterocycles. The zero-order chi connectivity index (χ0) is 12.7. The van der Waals surface area contributed by atoms with E-state index in [-0.39, 0.29) is 17.8 Å². The molecule has 4 nitrogen and oxygen atoms in total. The molecule has 0 radical (unpaired) electrons. The highest BCUT2D eigenvalue weighted by Crippen LogP contribution is 2.39. The first kappa shape index (κ1) is 11.6. The number of hydrogen-bond acceptors (Lipinski definition) is 3. The quantitative estimate of drug-likeness (QED) is 0.797. The van der Waals surface area contributed by atoms with Crippen molar-refractivity contribution in [2.75, 3.05) is 38.1 Å². The lowest BCUT2D eigenvalue weighted by atomic mass is 10.1. The Morgan fingerprint density at radius 1 is 1.33 bits per heavy atom. The number of likely N-dealkylation sites (N-methyl/N-ethyl adjacent to an activating group) is 1. The van der Waals surface area contributed by atoms with Gasteiger partial charge in [-0.05, 0) is 6.07 Å². The highest BCUT2D eigenvalue weighted by molar-refractivity contribution is 6.04. The minimum atomic E-state index is -0.319. The van der Waals surface area contributed by atoms with Gasteiger partial charge in [-0.1, -0.05) is 12.1 Å². The van der Waals surface area contributed by atoms with Crippen LogP contribution in [0.25, 0.3) is 0 Å². The molecule has 2 aliphatic heterocycles. The molecule has 0 saturated carbocycles. The van der Waals surface area contributed by atoms with Crippen LogP contribution < -0.4 is 10.2 Å². The van der Waals surface area contributed by atoms with Gasteiger partial charge in [-0.25, -0.2) is 4.39 Å². The zero-order valence-electron chi connectivity index (χ0n) is 10.3. The summed E-state index contributed by atoms with van der Waals surface area (Å²) in [5, 5.41) is 3.26. The summed E-state index contributed by atoms with van der Waals surface area (Å²) in [6, 6.07) is 4.62. The monoisotopic (exact) mass is 249 g/mol. The Morgan fingerprint density at radius 3 is 2.78 bits per heavy atom. The third-order valence-electron chi connectivity index (χ3n) is 3.73. The lowest BCUT2D eigenvalue weighted by Gasteiger charge is -2.31. The van der Waals surface area contributed by atoms with Crippen molar-refractivity contribution in [2.24, 2.45) is 0 Å². The lowest BCUT2D eigenvalue weighted by Crippen LogP contribution is -2.47. The number of hydrogen-bond donors (Lipinski definition) is 1. The largest absolute Gasteiger partial charge is 0.314 e. The Kier molecular flexibility index (Phi) is 2.80. The predicted molar refractivity (Wildman–Crippen MR) is 67.0 cm³/mol. The first-order valence-electron chi connectivity index (χ1n) is 6.21. The summed E-state index contributed by atoms with van der Waals surface area (Å²) < 4.78 is 13.8. The number of halogens is 1. The minimum Gasteiger partial charge on any atom is -0.314 e. The highest BCUT2D eigenvalue weighted by Gasteiger charge is 2.40. The molecule has 2 heterocycles. The fraction of sp³-hybridized carbons (Fsp3) is 0.462. The smallest absolute Gasteiger partial charge is 0.248 e. The molecule has 1 N–H and O–H groups in total. The Labute approximate surface area is 105 Å². The van der Waals surface area contributed by atoms with Crippen molar-refractivity contribution in [3.05, 3.63) is 29.6 Å². The van der Waals surface area contributed by atoms with Crippen molar-refractivity contribution in [2.45, 2.75) is 6.04 Å². The minimum absolute atomic E-state index is 0.0306. The summed E-state index contributed by atoms with van der Waals surface area (Å²) in [6.07, 6.45) is 0. The maximum Gasteiger partial charge on any atom is 0.248 e. The molecule has 1 aromatic rings. The van der Waals surface area contributed by atoms with Gasteiger partial charge in [0, 0.05) is 38.8 Å². The van der Waals surface area contributed by atoms with Crippen LogP contribution in [-0.4, -0.2) is 44.0 Å². The fourth-order valence-corrected chi connectivity index (χ4v) is 2.83. The SMILES string of the molecule is CN1C(=O)C(N2CCNCC2)c2cccc(F)c21. The first-order chi connectivity index (χ1) is 8.70. The Bertz CT molecular complexity index is 485. The number of amides is 1. The average Bonchev–Trinajstić information content (AvgIpc) is 2.64. The molecule has 0 bridgehead atoms. The number of carbonyl (C=O) groups is 1. The molecule has 1 saturated heterocycles. The second kappa shape index (κ2) is 4.33. The highest BCUT2D eigenvalue weighted by atomic mass is 19.1. The second-order valence-corrected chi connectivity index (χ2v) is 4.76. The van der Waals surface area contributed by atoms with Gasteiger partial charge in [0.25, 0.3) is 0 Å². The van der Waals surface area contributed by atoms with Gasteiger partial charge in [-0.2, -0.15) is 0 Å². The van der Waals surface area contributed by atoms with Gasteiger partial charge >= 0.3 is 0 Å². The van der Waals surface area contributed by atoms with Crippen molar-refractivity contribution < 1.29 is 9.18 Å². The van der Waals surface area contributed by atoms with Crippen LogP contribution >= 0.6 is 0 Å². The standard InChI is InChI=1S/C13H16FN3O/c1-16-11-9(3-2-4-10(11)14)12(13(16)18)17-7-5-15-6-8-17/h2-4,12,15H,5-8H2,1H3. The molecule has 18 heavy (non-hydrogen) atoms. The van der Waals surface area contributed by atoms with E-state index in [1.165, 1.54) is 11.0 Å². The first-order valence-corrected chi connectivity index (χ1v) is 6.21. The molecule has 2 aliphatic rings. The van der Waals surface area contributed by atoms with E-state index >= 15 is 0 Å². The van der Waals surface area contributed by atoms with E-state index in [1.54, 1.807) is 13.1 Å². The Morgan fingerprint density at radius 2 is 2.06 bits per heavy atom. The molecule has 1 atom stereocenters. The van der Waals surface area contributed by atoms with E-state index in [1.807, 2.05) is 6.07 Å². The van der Waals surface area contributed by atoms with Crippen LogP contribution in [0.1, 0.15) is 11.6 Å². The fourth-order valence-electron chi connectivity index (χ4n) is 2.83. The van der Waals surface area contributed by atoms with Gasteiger partial charge in [0.2, 0.25) is 5.91 Å². The van der Waals surface area contributed by atoms with Crippen molar-refractivity contribution >= 4 is 11.6 Å². The molecule has 1 fully saturated rings. The summed E-state index contributed by atoms with van der Waals surface area (Å²) >= 11 is 0. The molecule has 5 heteroatoms. The lowest BCUT2D eigenvalue weighted by molar-refractivity contribution is -0.123. The number of para-hydroxylation sites is 1. The van der Waals surface area contributed by atoms with Gasteiger partial charge in [-0.15, -0.1) is 0 Å². The number of nitrogens with zero attached hydrogens (tertiary/aromatic N) is 2. The summed E-state index contributed by atoms with van der Waals surface area (Å²) in [6.45, 7) is 3.39. The van der Waals surface area contributed by atoms with Crippen LogP contribution in [0.15, 0.2) is 18.2 Å². The second-order valence-electron chi connectivity index (χ2n) is 4.76. The topological polar surface area (TPSA) is 35.6 Å². The van der Waals surface area contributed by atoms with Crippen LogP contribution in [0.3, 0.4) is 0 Å². The average molecular weight is 249 g/mol. The molecule has 1 unspecified atom stereocenters. The molecular formula is C13H16FN3O. The molecule has 0 aliphatic carbocycles. The number of nitrogens with one attached hydrogen (secondary N) is 1. The molecule has 96 valence electrons. The maximum absolute atomic E-state index is 13.8. The Hall–Kier alpha value is -1.46. The predicted octanol–water partition coefficient (Wildman–Crippen LogP) is 0.748. The summed E-state index contributed by atoms with van der Waals surface area (Å²) in [5.74, 6) is -0.349. The summed E-state index contributed by atoms with van der Waals surface area (Å²) in [4.78, 5) is 15.9. The number of anilines is 1. The number of carbonyl (C=O) groups excluding carboxylic acids is 1. The van der Waals surface area contributed by atoms with Crippen LogP contribution in [0.4, 0.5) is 10.1 Å². The number of piperazine rings is 1. The third kappa shape index (κ3) is 1.62. The van der Waals surface area contributed by atoms with E-state index in [2.05, 4.69) is 10.2 Å². The summed E-state index contributed by atoms with van der Waals surface area (Å²) in [7, 11) is 1.65. The van der Waals surface area contributed by atoms with Crippen LogP contribution in [-0.2, 0) is 4.79 Å². The molecule has 1 amide bonds. The van der Waals surface area contributed by atoms with Gasteiger partial charge in [0.1, 0.15) is 11.9 Å². The van der Waals surface area contributed by atoms with Crippen LogP contribution in [0.5, 0.6) is 0 Å². The van der Waals surface area contributed by atoms with Crippen molar-refractivity contribution in [1.82, 2.24) is 10.2 Å². The van der Waals surface area contributed by atoms with Crippen LogP contribution in [0.2, 0.25) is 0 Å². The summed E-state index contributed by atoms with van der Waals surface area (Å²) in [5.41, 5.74) is 1.23. The van der Waals surface area contributed by atoms with Gasteiger partial charge in [0.15, 0.2) is 0 Å². The zero-order valence-corrected chi connectivity index (χ0v) is 10.3. The van der Waals surface area contributed by atoms with Gasteiger partial charge < -0.3 is 10.2 Å². The van der Waals surface area contributed by atoms with Crippen molar-refractivity contribution in [1.29, 1.82) is 0 Å². The molecule has 1 aromatic carbocycles. The van der Waals surface area contributed by atoms with E-state index in [9.17, 15) is 9.18 Å². The number of benzene rings is 1. The Balaban J connectivity index is 2.01. The van der Waals surface area contributed by atoms with Gasteiger partial charge in [0.05, 0.1) is 5.69 Å². The van der Waals surface area contributed by atoms with E-state index < -0.39 is 0 Å². The van der Waals surface area contributed by atoms with Crippen LogP contribution in [0, 0.1) is 5.82 Å². The number of fused-ring (bicyclic) bond motifs is 1.